The monoisotopic (exact) mass is 585 g/mol. The number of aromatic amines is 3. The van der Waals surface area contributed by atoms with Crippen LogP contribution < -0.4 is 16.7 Å². The number of rotatable bonds is 3. The van der Waals surface area contributed by atoms with Crippen molar-refractivity contribution in [2.75, 3.05) is 0 Å². The molecule has 0 fully saturated rings. The predicted octanol–water partition coefficient (Wildman–Crippen LogP) is 2.88. The van der Waals surface area contributed by atoms with Gasteiger partial charge in [0.05, 0.1) is 6.33 Å². The lowest BCUT2D eigenvalue weighted by Gasteiger charge is -2.01. The number of H-pyrrole nitrogens is 3. The first-order valence-corrected chi connectivity index (χ1v) is 12.9. The molecule has 1 aliphatic rings. The molecular weight excluding hydrogens is 550 g/mol. The summed E-state index contributed by atoms with van der Waals surface area (Å²) >= 11 is 0. The van der Waals surface area contributed by atoms with Crippen molar-refractivity contribution in [2.45, 2.75) is 41.5 Å². The van der Waals surface area contributed by atoms with Crippen LogP contribution in [0.1, 0.15) is 43.3 Å². The fraction of sp³-hybridized carbons (Fsp3) is 0.276. The van der Waals surface area contributed by atoms with Crippen molar-refractivity contribution < 1.29 is 0 Å². The van der Waals surface area contributed by atoms with E-state index < -0.39 is 0 Å². The molecule has 5 aromatic rings. The second-order valence-corrected chi connectivity index (χ2v) is 9.60. The maximum absolute atomic E-state index is 11.3. The molecule has 5 aromatic heterocycles. The van der Waals surface area contributed by atoms with Crippen molar-refractivity contribution >= 4 is 11.8 Å². The fourth-order valence-electron chi connectivity index (χ4n) is 3.67. The molecule has 6 rings (SSSR count). The van der Waals surface area contributed by atoms with Crippen LogP contribution in [0.15, 0.2) is 68.6 Å². The Labute approximate surface area is 247 Å². The van der Waals surface area contributed by atoms with Crippen molar-refractivity contribution in [1.82, 2.24) is 49.0 Å². The average Bonchev–Trinajstić information content (AvgIpc) is 3.71. The maximum Gasteiger partial charge on any atom is 0.254 e. The second-order valence-electron chi connectivity index (χ2n) is 9.60. The lowest BCUT2D eigenvalue weighted by Crippen LogP contribution is -2.13. The summed E-state index contributed by atoms with van der Waals surface area (Å²) in [5.74, 6) is 2.28. The van der Waals surface area contributed by atoms with Crippen LogP contribution in [-0.2, 0) is 14.1 Å². The highest BCUT2D eigenvalue weighted by Crippen LogP contribution is 2.22. The molecule has 0 amide bonds. The summed E-state index contributed by atoms with van der Waals surface area (Å²) in [5.41, 5.74) is 4.10. The predicted molar refractivity (Wildman–Crippen MR) is 166 cm³/mol. The minimum absolute atomic E-state index is 0. The van der Waals surface area contributed by atoms with Gasteiger partial charge in [-0.25, -0.2) is 24.9 Å². The van der Waals surface area contributed by atoms with E-state index in [2.05, 4.69) is 44.9 Å². The van der Waals surface area contributed by atoms with E-state index in [9.17, 15) is 14.4 Å². The number of aryl methyl sites for hydroxylation is 5. The lowest BCUT2D eigenvalue weighted by molar-refractivity contribution is 0.900. The van der Waals surface area contributed by atoms with Gasteiger partial charge in [0, 0.05) is 91.9 Å². The van der Waals surface area contributed by atoms with Gasteiger partial charge in [-0.15, -0.1) is 0 Å². The topological polar surface area (TPSA) is 185 Å². The number of hydrogen-bond donors (Lipinski definition) is 3. The van der Waals surface area contributed by atoms with E-state index >= 15 is 0 Å². The molecule has 1 aliphatic heterocycles. The molecule has 224 valence electrons. The van der Waals surface area contributed by atoms with Crippen molar-refractivity contribution in [2.24, 2.45) is 19.1 Å². The highest BCUT2D eigenvalue weighted by molar-refractivity contribution is 5.84. The smallest absolute Gasteiger partial charge is 0.254 e. The molecule has 0 radical (unpaired) electrons. The van der Waals surface area contributed by atoms with E-state index in [0.717, 1.165) is 17.7 Å². The Morgan fingerprint density at radius 1 is 0.721 bits per heavy atom. The van der Waals surface area contributed by atoms with Gasteiger partial charge in [-0.3, -0.25) is 19.4 Å². The fourth-order valence-corrected chi connectivity index (χ4v) is 3.67. The Balaban J connectivity index is 0.000000175. The first-order valence-electron chi connectivity index (χ1n) is 12.9. The third-order valence-corrected chi connectivity index (χ3v) is 6.22. The molecule has 3 N–H and O–H groups in total. The van der Waals surface area contributed by atoms with Crippen LogP contribution in [0.25, 0.3) is 28.7 Å². The standard InChI is InChI=1S/C10H11N3O.2C9H10N4O.CH4/c1-6-5-12-9(13-10(6)14)8-3-4-11-7(8)2;1-6-3-10-8(12-9(6)14)7-4-13(2)5-11-7;1-6-5-11-7(12-9(6)14)8-10-3-4-13(8)2;/h4-5H,3H2,1-2H3,(H,12,13,14);3-5H,1-2H3,(H,10,12,14);3-5H,1-2H3,(H,11,12,14);1H4. The number of hydrogen-bond acceptors (Lipinski definition) is 9. The number of aromatic nitrogens is 10. The molecule has 0 aliphatic carbocycles. The molecule has 14 nitrogen and oxygen atoms in total. The summed E-state index contributed by atoms with van der Waals surface area (Å²) < 4.78 is 3.60. The third-order valence-electron chi connectivity index (χ3n) is 6.22. The van der Waals surface area contributed by atoms with Crippen LogP contribution in [0, 0.1) is 20.8 Å². The lowest BCUT2D eigenvalue weighted by atomic mass is 10.2. The van der Waals surface area contributed by atoms with Gasteiger partial charge < -0.3 is 24.1 Å². The van der Waals surface area contributed by atoms with E-state index in [1.807, 2.05) is 27.2 Å². The van der Waals surface area contributed by atoms with Gasteiger partial charge >= 0.3 is 0 Å². The zero-order valence-corrected chi connectivity index (χ0v) is 24.1. The molecule has 43 heavy (non-hydrogen) atoms. The highest BCUT2D eigenvalue weighted by Gasteiger charge is 2.11. The van der Waals surface area contributed by atoms with Crippen LogP contribution >= 0.6 is 0 Å². The SMILES string of the molecule is C.CC1=C(c2ncc(C)c(=O)[nH]2)CC=N1.Cc1cnc(-c2cn(C)cn2)[nH]c1=O.Cc1cnc(-c2nccn2C)[nH]c1=O. The van der Waals surface area contributed by atoms with Crippen molar-refractivity contribution in [3.8, 4) is 23.2 Å². The Kier molecular flexibility index (Phi) is 10.3. The number of aliphatic imine (C=N–C) groups is 1. The molecule has 0 aromatic carbocycles. The number of nitrogens with zero attached hydrogens (tertiary/aromatic N) is 8. The van der Waals surface area contributed by atoms with Gasteiger partial charge in [-0.1, -0.05) is 7.43 Å². The van der Waals surface area contributed by atoms with E-state index in [-0.39, 0.29) is 24.1 Å². The van der Waals surface area contributed by atoms with Crippen molar-refractivity contribution in [1.29, 1.82) is 0 Å². The van der Waals surface area contributed by atoms with Gasteiger partial charge in [0.2, 0.25) is 0 Å². The highest BCUT2D eigenvalue weighted by atomic mass is 16.1. The molecule has 0 saturated heterocycles. The molecule has 0 atom stereocenters. The average molecular weight is 586 g/mol. The molecule has 14 heteroatoms. The summed E-state index contributed by atoms with van der Waals surface area (Å²) in [6.45, 7) is 7.09. The normalized spacial score (nSPS) is 11.8. The minimum atomic E-state index is -0.127. The van der Waals surface area contributed by atoms with Crippen LogP contribution in [0.3, 0.4) is 0 Å². The maximum atomic E-state index is 11.3. The number of imidazole rings is 2. The Morgan fingerprint density at radius 2 is 1.26 bits per heavy atom. The van der Waals surface area contributed by atoms with Crippen LogP contribution in [0.4, 0.5) is 0 Å². The van der Waals surface area contributed by atoms with Crippen molar-refractivity contribution in [3.05, 3.63) is 103 Å². The summed E-state index contributed by atoms with van der Waals surface area (Å²) in [4.78, 5) is 66.7. The van der Waals surface area contributed by atoms with E-state index in [0.29, 0.717) is 45.7 Å². The second kappa shape index (κ2) is 13.9. The zero-order valence-electron chi connectivity index (χ0n) is 24.1. The molecule has 0 bridgehead atoms. The third kappa shape index (κ3) is 7.81. The Hall–Kier alpha value is -5.53. The quantitative estimate of drug-likeness (QED) is 0.288. The minimum Gasteiger partial charge on any atom is -0.340 e. The molecule has 0 unspecified atom stereocenters. The summed E-state index contributed by atoms with van der Waals surface area (Å²) in [6, 6.07) is 0. The van der Waals surface area contributed by atoms with Crippen LogP contribution in [-0.4, -0.2) is 55.2 Å². The summed E-state index contributed by atoms with van der Waals surface area (Å²) in [6.07, 6.45) is 14.2. The summed E-state index contributed by atoms with van der Waals surface area (Å²) in [5, 5.41) is 0. The van der Waals surface area contributed by atoms with Gasteiger partial charge in [-0.05, 0) is 27.7 Å². The number of allylic oxidation sites excluding steroid dienone is 2. The van der Waals surface area contributed by atoms with E-state index in [1.165, 1.54) is 0 Å². The van der Waals surface area contributed by atoms with Gasteiger partial charge in [0.25, 0.3) is 16.7 Å². The van der Waals surface area contributed by atoms with Crippen LogP contribution in [0.5, 0.6) is 0 Å². The first kappa shape index (κ1) is 32.0. The van der Waals surface area contributed by atoms with Crippen molar-refractivity contribution in [3.63, 3.8) is 0 Å². The zero-order chi connectivity index (χ0) is 30.4. The number of nitrogens with one attached hydrogen (secondary N) is 3. The Morgan fingerprint density at radius 3 is 1.72 bits per heavy atom. The Bertz CT molecular complexity index is 1950. The first-order chi connectivity index (χ1) is 20.0. The van der Waals surface area contributed by atoms with E-state index in [4.69, 9.17) is 0 Å². The molecule has 6 heterocycles. The molecule has 0 spiro atoms. The van der Waals surface area contributed by atoms with E-state index in [1.54, 1.807) is 73.4 Å². The summed E-state index contributed by atoms with van der Waals surface area (Å²) in [7, 11) is 3.71. The van der Waals surface area contributed by atoms with Crippen LogP contribution in [0.2, 0.25) is 0 Å². The van der Waals surface area contributed by atoms with Gasteiger partial charge in [-0.2, -0.15) is 0 Å². The van der Waals surface area contributed by atoms with Gasteiger partial charge in [0.1, 0.15) is 11.5 Å². The largest absolute Gasteiger partial charge is 0.340 e. The van der Waals surface area contributed by atoms with Gasteiger partial charge in [0.15, 0.2) is 17.5 Å². The molecule has 0 saturated carbocycles. The molecular formula is C29H35N11O3.